The molecular weight excluding hydrogens is 336 g/mol. The minimum atomic E-state index is -0.134. The van der Waals surface area contributed by atoms with Gasteiger partial charge in [0.1, 0.15) is 0 Å². The molecule has 1 aliphatic rings. The summed E-state index contributed by atoms with van der Waals surface area (Å²) in [6.07, 6.45) is 3.84. The Morgan fingerprint density at radius 2 is 1.85 bits per heavy atom. The fourth-order valence-corrected chi connectivity index (χ4v) is 3.66. The van der Waals surface area contributed by atoms with Crippen LogP contribution in [0.1, 0.15) is 44.2 Å². The molecule has 1 saturated heterocycles. The van der Waals surface area contributed by atoms with E-state index in [1.54, 1.807) is 0 Å². The number of nitrogens with one attached hydrogen (secondary N) is 2. The first-order valence-electron chi connectivity index (χ1n) is 9.91. The predicted octanol–water partition coefficient (Wildman–Crippen LogP) is 4.99. The zero-order valence-electron chi connectivity index (χ0n) is 16.3. The molecule has 0 bridgehead atoms. The molecule has 2 N–H and O–H groups in total. The van der Waals surface area contributed by atoms with Crippen LogP contribution in [0.2, 0.25) is 0 Å². The topological polar surface area (TPSA) is 50.4 Å². The lowest BCUT2D eigenvalue weighted by Crippen LogP contribution is -2.44. The summed E-state index contributed by atoms with van der Waals surface area (Å²) in [4.78, 5) is 12.6. The van der Waals surface area contributed by atoms with Crippen molar-refractivity contribution < 1.29 is 9.53 Å². The normalized spacial score (nSPS) is 19.7. The summed E-state index contributed by atoms with van der Waals surface area (Å²) in [5.41, 5.74) is 3.21. The summed E-state index contributed by atoms with van der Waals surface area (Å²) in [6, 6.07) is 18.3. The van der Waals surface area contributed by atoms with Crippen molar-refractivity contribution in [2.45, 2.75) is 51.7 Å². The fraction of sp³-hybridized carbons (Fsp3) is 0.435. The highest BCUT2D eigenvalue weighted by Gasteiger charge is 2.24. The van der Waals surface area contributed by atoms with Gasteiger partial charge in [0, 0.05) is 18.3 Å². The van der Waals surface area contributed by atoms with E-state index in [2.05, 4.69) is 42.7 Å². The molecule has 4 nitrogen and oxygen atoms in total. The molecule has 1 heterocycles. The first-order valence-corrected chi connectivity index (χ1v) is 9.91. The maximum absolute atomic E-state index is 12.6. The average molecular weight is 367 g/mol. The number of para-hydroxylation sites is 1. The number of anilines is 1. The van der Waals surface area contributed by atoms with Gasteiger partial charge in [0.2, 0.25) is 0 Å². The largest absolute Gasteiger partial charge is 0.378 e. The van der Waals surface area contributed by atoms with Gasteiger partial charge in [-0.25, -0.2) is 4.79 Å². The number of carbonyl (C=O) groups is 1. The van der Waals surface area contributed by atoms with Crippen molar-refractivity contribution in [2.75, 3.05) is 11.9 Å². The van der Waals surface area contributed by atoms with Crippen LogP contribution in [0, 0.1) is 5.92 Å². The molecule has 0 spiro atoms. The first kappa shape index (κ1) is 19.4. The molecular formula is C23H30N2O2. The van der Waals surface area contributed by atoms with E-state index in [-0.39, 0.29) is 18.2 Å². The summed E-state index contributed by atoms with van der Waals surface area (Å²) in [7, 11) is 0. The van der Waals surface area contributed by atoms with Gasteiger partial charge in [-0.15, -0.1) is 0 Å². The minimum Gasteiger partial charge on any atom is -0.378 e. The van der Waals surface area contributed by atoms with Crippen LogP contribution in [0.5, 0.6) is 0 Å². The number of urea groups is 1. The Morgan fingerprint density at radius 1 is 1.11 bits per heavy atom. The maximum Gasteiger partial charge on any atom is 0.319 e. The second kappa shape index (κ2) is 9.56. The molecule has 0 aromatic heterocycles. The summed E-state index contributed by atoms with van der Waals surface area (Å²) in [5, 5.41) is 6.17. The Balaban J connectivity index is 1.58. The van der Waals surface area contributed by atoms with Crippen LogP contribution in [-0.2, 0) is 11.2 Å². The van der Waals surface area contributed by atoms with Crippen molar-refractivity contribution in [2.24, 2.45) is 5.92 Å². The second-order valence-corrected chi connectivity index (χ2v) is 7.76. The highest BCUT2D eigenvalue weighted by atomic mass is 16.5. The molecule has 4 heteroatoms. The Hall–Kier alpha value is -2.33. The third-order valence-corrected chi connectivity index (χ3v) is 4.94. The third-order valence-electron chi connectivity index (χ3n) is 4.94. The number of hydrogen-bond donors (Lipinski definition) is 2. The predicted molar refractivity (Wildman–Crippen MR) is 110 cm³/mol. The number of benzene rings is 2. The summed E-state index contributed by atoms with van der Waals surface area (Å²) in [6.45, 7) is 5.13. The van der Waals surface area contributed by atoms with E-state index in [0.717, 1.165) is 36.9 Å². The van der Waals surface area contributed by atoms with Crippen molar-refractivity contribution in [3.8, 4) is 0 Å². The molecule has 1 aliphatic heterocycles. The second-order valence-electron chi connectivity index (χ2n) is 7.76. The van der Waals surface area contributed by atoms with Gasteiger partial charge < -0.3 is 15.4 Å². The summed E-state index contributed by atoms with van der Waals surface area (Å²) < 4.78 is 5.83. The molecule has 2 aromatic carbocycles. The van der Waals surface area contributed by atoms with Crippen molar-refractivity contribution in [3.63, 3.8) is 0 Å². The first-order chi connectivity index (χ1) is 13.1. The van der Waals surface area contributed by atoms with Gasteiger partial charge in [0.15, 0.2) is 0 Å². The number of ether oxygens (including phenoxy) is 1. The van der Waals surface area contributed by atoms with Gasteiger partial charge in [-0.3, -0.25) is 0 Å². The van der Waals surface area contributed by atoms with Crippen LogP contribution in [0.4, 0.5) is 10.5 Å². The molecule has 2 atom stereocenters. The van der Waals surface area contributed by atoms with Gasteiger partial charge in [0.05, 0.1) is 6.10 Å². The van der Waals surface area contributed by atoms with Crippen LogP contribution >= 0.6 is 0 Å². The molecule has 2 aromatic rings. The van der Waals surface area contributed by atoms with Crippen molar-refractivity contribution in [3.05, 3.63) is 65.7 Å². The Bertz CT molecular complexity index is 730. The maximum atomic E-state index is 12.6. The average Bonchev–Trinajstić information content (AvgIpc) is 2.64. The number of rotatable bonds is 6. The highest BCUT2D eigenvalue weighted by molar-refractivity contribution is 5.90. The van der Waals surface area contributed by atoms with E-state index >= 15 is 0 Å². The van der Waals surface area contributed by atoms with Gasteiger partial charge in [-0.05, 0) is 48.8 Å². The molecule has 27 heavy (non-hydrogen) atoms. The van der Waals surface area contributed by atoms with E-state index in [4.69, 9.17) is 4.74 Å². The molecule has 2 amide bonds. The smallest absolute Gasteiger partial charge is 0.319 e. The standard InChI is InChI=1S/C23H30N2O2/c1-17(2)14-21-16-20(12-13-27-21)24-23(26)25-22-11-7-6-10-19(22)15-18-8-4-3-5-9-18/h3-11,17,20-21H,12-16H2,1-2H3,(H2,24,25,26)/t20-,21-/m0/s1. The monoisotopic (exact) mass is 366 g/mol. The number of hydrogen-bond acceptors (Lipinski definition) is 2. The van der Waals surface area contributed by atoms with E-state index in [1.807, 2.05) is 36.4 Å². The van der Waals surface area contributed by atoms with E-state index in [1.165, 1.54) is 5.56 Å². The van der Waals surface area contributed by atoms with Gasteiger partial charge in [-0.2, -0.15) is 0 Å². The van der Waals surface area contributed by atoms with Crippen LogP contribution in [-0.4, -0.2) is 24.8 Å². The molecule has 1 fully saturated rings. The molecule has 0 saturated carbocycles. The van der Waals surface area contributed by atoms with E-state index < -0.39 is 0 Å². The van der Waals surface area contributed by atoms with Gasteiger partial charge in [0.25, 0.3) is 0 Å². The Kier molecular flexibility index (Phi) is 6.88. The lowest BCUT2D eigenvalue weighted by atomic mass is 9.96. The third kappa shape index (κ3) is 6.10. The Labute approximate surface area is 162 Å². The van der Waals surface area contributed by atoms with Crippen LogP contribution in [0.15, 0.2) is 54.6 Å². The fourth-order valence-electron chi connectivity index (χ4n) is 3.66. The number of carbonyl (C=O) groups excluding carboxylic acids is 1. The van der Waals surface area contributed by atoms with Crippen molar-refractivity contribution in [1.29, 1.82) is 0 Å². The molecule has 0 aliphatic carbocycles. The minimum absolute atomic E-state index is 0.134. The molecule has 3 rings (SSSR count). The number of amides is 2. The van der Waals surface area contributed by atoms with Crippen LogP contribution in [0.3, 0.4) is 0 Å². The summed E-state index contributed by atoms with van der Waals surface area (Å²) >= 11 is 0. The Morgan fingerprint density at radius 3 is 2.63 bits per heavy atom. The molecule has 144 valence electrons. The van der Waals surface area contributed by atoms with Crippen molar-refractivity contribution >= 4 is 11.7 Å². The van der Waals surface area contributed by atoms with Crippen molar-refractivity contribution in [1.82, 2.24) is 5.32 Å². The highest BCUT2D eigenvalue weighted by Crippen LogP contribution is 2.21. The lowest BCUT2D eigenvalue weighted by Gasteiger charge is -2.31. The quantitative estimate of drug-likeness (QED) is 0.756. The zero-order valence-corrected chi connectivity index (χ0v) is 16.3. The molecule has 0 unspecified atom stereocenters. The van der Waals surface area contributed by atoms with Crippen LogP contribution < -0.4 is 10.6 Å². The van der Waals surface area contributed by atoms with E-state index in [9.17, 15) is 4.79 Å². The van der Waals surface area contributed by atoms with Crippen LogP contribution in [0.25, 0.3) is 0 Å². The SMILES string of the molecule is CC(C)C[C@H]1C[C@@H](NC(=O)Nc2ccccc2Cc2ccccc2)CCO1. The van der Waals surface area contributed by atoms with Gasteiger partial charge >= 0.3 is 6.03 Å². The van der Waals surface area contributed by atoms with E-state index in [0.29, 0.717) is 12.5 Å². The summed E-state index contributed by atoms with van der Waals surface area (Å²) in [5.74, 6) is 0.604. The molecule has 0 radical (unpaired) electrons. The lowest BCUT2D eigenvalue weighted by molar-refractivity contribution is -0.00717. The van der Waals surface area contributed by atoms with Gasteiger partial charge in [-0.1, -0.05) is 62.4 Å². The zero-order chi connectivity index (χ0) is 19.1.